The number of hydrogen-bond donors (Lipinski definition) is 0. The van der Waals surface area contributed by atoms with Crippen molar-refractivity contribution in [1.82, 2.24) is 0 Å². The summed E-state index contributed by atoms with van der Waals surface area (Å²) in [5, 5.41) is 0.452. The Morgan fingerprint density at radius 2 is 2.25 bits per heavy atom. The second-order valence-corrected chi connectivity index (χ2v) is 4.00. The van der Waals surface area contributed by atoms with Gasteiger partial charge in [-0.15, -0.1) is 11.8 Å². The highest BCUT2D eigenvalue weighted by Gasteiger charge is 2.01. The monoisotopic (exact) mass is 204 g/mol. The molecule has 0 saturated heterocycles. The summed E-state index contributed by atoms with van der Waals surface area (Å²) in [6, 6.07) is 4.78. The first-order valence-electron chi connectivity index (χ1n) is 3.82. The molecule has 0 atom stereocenters. The van der Waals surface area contributed by atoms with Crippen LogP contribution < -0.4 is 0 Å². The molecule has 0 amide bonds. The van der Waals surface area contributed by atoms with Crippen molar-refractivity contribution in [3.05, 3.63) is 29.0 Å². The molecule has 1 aromatic carbocycles. The normalized spacial score (nSPS) is 10.2. The minimum Gasteiger partial charge on any atom is -0.206 e. The first-order chi connectivity index (χ1) is 5.74. The van der Waals surface area contributed by atoms with Gasteiger partial charge in [0.15, 0.2) is 0 Å². The summed E-state index contributed by atoms with van der Waals surface area (Å²) in [5.74, 6) is 0.722. The van der Waals surface area contributed by atoms with Crippen LogP contribution in [-0.2, 0) is 0 Å². The van der Waals surface area contributed by atoms with Crippen molar-refractivity contribution < 1.29 is 4.39 Å². The largest absolute Gasteiger partial charge is 0.206 e. The van der Waals surface area contributed by atoms with Crippen molar-refractivity contribution in [3.63, 3.8) is 0 Å². The third-order valence-electron chi connectivity index (χ3n) is 1.36. The molecule has 12 heavy (non-hydrogen) atoms. The molecule has 0 spiro atoms. The van der Waals surface area contributed by atoms with Gasteiger partial charge in [0, 0.05) is 9.92 Å². The summed E-state index contributed by atoms with van der Waals surface area (Å²) in [6.45, 7) is 2.07. The van der Waals surface area contributed by atoms with Gasteiger partial charge in [0.05, 0.1) is 0 Å². The third-order valence-corrected chi connectivity index (χ3v) is 2.85. The number of hydrogen-bond acceptors (Lipinski definition) is 1. The van der Waals surface area contributed by atoms with Crippen LogP contribution in [-0.4, -0.2) is 5.75 Å². The van der Waals surface area contributed by atoms with Gasteiger partial charge in [-0.05, 0) is 30.4 Å². The van der Waals surface area contributed by atoms with Crippen LogP contribution in [0.2, 0.25) is 5.02 Å². The molecule has 0 unspecified atom stereocenters. The van der Waals surface area contributed by atoms with Gasteiger partial charge in [0.25, 0.3) is 0 Å². The molecule has 0 saturated carbocycles. The minimum absolute atomic E-state index is 0.221. The van der Waals surface area contributed by atoms with Gasteiger partial charge in [-0.1, -0.05) is 18.5 Å². The number of rotatable bonds is 3. The Bertz CT molecular complexity index is 263. The van der Waals surface area contributed by atoms with Crippen molar-refractivity contribution in [2.24, 2.45) is 0 Å². The number of halogens is 2. The second kappa shape index (κ2) is 4.73. The van der Waals surface area contributed by atoms with E-state index in [1.165, 1.54) is 17.8 Å². The van der Waals surface area contributed by atoms with E-state index < -0.39 is 0 Å². The Labute approximate surface area is 81.1 Å². The SMILES string of the molecule is CCCSc1ccc(Cl)cc1F. The molecule has 0 aliphatic heterocycles. The highest BCUT2D eigenvalue weighted by molar-refractivity contribution is 7.99. The molecule has 1 rings (SSSR count). The predicted octanol–water partition coefficient (Wildman–Crippen LogP) is 3.98. The smallest absolute Gasteiger partial charge is 0.138 e. The Morgan fingerprint density at radius 1 is 1.50 bits per heavy atom. The molecule has 0 fully saturated rings. The maximum Gasteiger partial charge on any atom is 0.138 e. The van der Waals surface area contributed by atoms with Crippen LogP contribution in [0.1, 0.15) is 13.3 Å². The first kappa shape index (κ1) is 9.87. The van der Waals surface area contributed by atoms with E-state index in [2.05, 4.69) is 6.92 Å². The molecule has 0 aliphatic rings. The lowest BCUT2D eigenvalue weighted by atomic mass is 10.3. The summed E-state index contributed by atoms with van der Waals surface area (Å²) >= 11 is 7.12. The van der Waals surface area contributed by atoms with Gasteiger partial charge < -0.3 is 0 Å². The lowest BCUT2D eigenvalue weighted by molar-refractivity contribution is 0.602. The summed E-state index contributed by atoms with van der Waals surface area (Å²) in [7, 11) is 0. The highest BCUT2D eigenvalue weighted by Crippen LogP contribution is 2.24. The van der Waals surface area contributed by atoms with E-state index in [0.29, 0.717) is 9.92 Å². The third kappa shape index (κ3) is 2.68. The van der Waals surface area contributed by atoms with E-state index in [0.717, 1.165) is 12.2 Å². The van der Waals surface area contributed by atoms with Crippen molar-refractivity contribution in [2.75, 3.05) is 5.75 Å². The van der Waals surface area contributed by atoms with E-state index in [1.807, 2.05) is 0 Å². The molecule has 0 aromatic heterocycles. The molecule has 66 valence electrons. The molecule has 0 heterocycles. The van der Waals surface area contributed by atoms with Gasteiger partial charge >= 0.3 is 0 Å². The zero-order valence-corrected chi connectivity index (χ0v) is 8.38. The topological polar surface area (TPSA) is 0 Å². The van der Waals surface area contributed by atoms with Crippen LogP contribution in [0.5, 0.6) is 0 Å². The van der Waals surface area contributed by atoms with Crippen LogP contribution in [0.15, 0.2) is 23.1 Å². The van der Waals surface area contributed by atoms with Crippen molar-refractivity contribution in [2.45, 2.75) is 18.2 Å². The van der Waals surface area contributed by atoms with E-state index in [-0.39, 0.29) is 5.82 Å². The van der Waals surface area contributed by atoms with Crippen molar-refractivity contribution >= 4 is 23.4 Å². The Kier molecular flexibility index (Phi) is 3.89. The summed E-state index contributed by atoms with van der Waals surface area (Å²) in [5.41, 5.74) is 0. The van der Waals surface area contributed by atoms with Gasteiger partial charge in [0.1, 0.15) is 5.82 Å². The predicted molar refractivity (Wildman–Crippen MR) is 52.4 cm³/mol. The average molecular weight is 205 g/mol. The van der Waals surface area contributed by atoms with Crippen LogP contribution in [0.25, 0.3) is 0 Å². The molecule has 1 aromatic rings. The fraction of sp³-hybridized carbons (Fsp3) is 0.333. The van der Waals surface area contributed by atoms with Gasteiger partial charge in [-0.3, -0.25) is 0 Å². The lowest BCUT2D eigenvalue weighted by Gasteiger charge is -2.01. The van der Waals surface area contributed by atoms with E-state index >= 15 is 0 Å². The molecule has 3 heteroatoms. The van der Waals surface area contributed by atoms with Gasteiger partial charge in [-0.25, -0.2) is 4.39 Å². The van der Waals surface area contributed by atoms with Crippen molar-refractivity contribution in [1.29, 1.82) is 0 Å². The Balaban J connectivity index is 2.72. The molecule has 0 N–H and O–H groups in total. The van der Waals surface area contributed by atoms with Gasteiger partial charge in [0.2, 0.25) is 0 Å². The van der Waals surface area contributed by atoms with E-state index in [4.69, 9.17) is 11.6 Å². The number of benzene rings is 1. The molecular weight excluding hydrogens is 195 g/mol. The highest BCUT2D eigenvalue weighted by atomic mass is 35.5. The molecular formula is C9H10ClFS. The quantitative estimate of drug-likeness (QED) is 0.672. The van der Waals surface area contributed by atoms with E-state index in [9.17, 15) is 4.39 Å². The zero-order chi connectivity index (χ0) is 8.97. The zero-order valence-electron chi connectivity index (χ0n) is 6.81. The standard InChI is InChI=1S/C9H10ClFS/c1-2-5-12-9-4-3-7(10)6-8(9)11/h3-4,6H,2,5H2,1H3. The number of thioether (sulfide) groups is 1. The summed E-state index contributed by atoms with van der Waals surface area (Å²) < 4.78 is 13.1. The summed E-state index contributed by atoms with van der Waals surface area (Å²) in [4.78, 5) is 0.682. The van der Waals surface area contributed by atoms with Crippen LogP contribution in [0.3, 0.4) is 0 Å². The fourth-order valence-electron chi connectivity index (χ4n) is 0.804. The first-order valence-corrected chi connectivity index (χ1v) is 5.18. The molecule has 0 radical (unpaired) electrons. The lowest BCUT2D eigenvalue weighted by Crippen LogP contribution is -1.82. The Morgan fingerprint density at radius 3 is 2.83 bits per heavy atom. The summed E-state index contributed by atoms with van der Waals surface area (Å²) in [6.07, 6.45) is 1.05. The molecule has 0 aliphatic carbocycles. The van der Waals surface area contributed by atoms with Crippen LogP contribution in [0.4, 0.5) is 4.39 Å². The Hall–Kier alpha value is -0.210. The van der Waals surface area contributed by atoms with E-state index in [1.54, 1.807) is 12.1 Å². The molecule has 0 bridgehead atoms. The van der Waals surface area contributed by atoms with Gasteiger partial charge in [-0.2, -0.15) is 0 Å². The molecule has 0 nitrogen and oxygen atoms in total. The van der Waals surface area contributed by atoms with Crippen LogP contribution in [0, 0.1) is 5.82 Å². The second-order valence-electron chi connectivity index (χ2n) is 2.42. The fourth-order valence-corrected chi connectivity index (χ4v) is 1.75. The average Bonchev–Trinajstić information content (AvgIpc) is 2.03. The maximum absolute atomic E-state index is 13.1. The van der Waals surface area contributed by atoms with Crippen LogP contribution >= 0.6 is 23.4 Å². The van der Waals surface area contributed by atoms with Crippen molar-refractivity contribution in [3.8, 4) is 0 Å². The minimum atomic E-state index is -0.221. The maximum atomic E-state index is 13.1.